The second-order valence-electron chi connectivity index (χ2n) is 11.7. The predicted octanol–water partition coefficient (Wildman–Crippen LogP) is 1.86. The number of ether oxygens (including phenoxy) is 3. The highest BCUT2D eigenvalue weighted by molar-refractivity contribution is 5.97. The molecule has 0 aliphatic carbocycles. The van der Waals surface area contributed by atoms with Gasteiger partial charge in [-0.15, -0.1) is 0 Å². The number of nitrogens with one attached hydrogen (secondary N) is 2. The smallest absolute Gasteiger partial charge is 0.331 e. The third-order valence-corrected chi connectivity index (χ3v) is 8.58. The van der Waals surface area contributed by atoms with Crippen LogP contribution in [0.1, 0.15) is 32.8 Å². The molecule has 0 spiro atoms. The van der Waals surface area contributed by atoms with E-state index in [1.54, 1.807) is 48.5 Å². The molecule has 3 amide bonds. The number of aromatic nitrogens is 2. The monoisotopic (exact) mass is 653 g/mol. The second-order valence-corrected chi connectivity index (χ2v) is 11.7. The molecule has 0 unspecified atom stereocenters. The topological polar surface area (TPSA) is 150 Å². The number of amides is 3. The van der Waals surface area contributed by atoms with Crippen LogP contribution in [0, 0.1) is 0 Å². The first-order valence-electron chi connectivity index (χ1n) is 15.4. The van der Waals surface area contributed by atoms with Crippen molar-refractivity contribution in [3.63, 3.8) is 0 Å². The fraction of sp³-hybridized carbons (Fsp3) is 0.286. The van der Waals surface area contributed by atoms with Crippen molar-refractivity contribution in [2.45, 2.75) is 25.1 Å². The fourth-order valence-corrected chi connectivity index (χ4v) is 5.84. The van der Waals surface area contributed by atoms with Crippen molar-refractivity contribution in [1.29, 1.82) is 0 Å². The Balaban J connectivity index is 1.35. The minimum atomic E-state index is -0.661. The third kappa shape index (κ3) is 6.66. The quantitative estimate of drug-likeness (QED) is 0.333. The van der Waals surface area contributed by atoms with Crippen LogP contribution in [0.25, 0.3) is 11.1 Å². The number of fused-ring (bicyclic) bond motifs is 7. The summed E-state index contributed by atoms with van der Waals surface area (Å²) in [4.78, 5) is 66.5. The minimum Gasteiger partial charge on any atom is -0.496 e. The molecule has 7 rings (SSSR count). The average Bonchev–Trinajstić information content (AvgIpc) is 3.10. The summed E-state index contributed by atoms with van der Waals surface area (Å²) in [7, 11) is 4.32. The molecule has 13 nitrogen and oxygen atoms in total. The zero-order valence-corrected chi connectivity index (χ0v) is 26.7. The molecule has 1 aromatic heterocycles. The van der Waals surface area contributed by atoms with Gasteiger partial charge in [-0.3, -0.25) is 28.3 Å². The van der Waals surface area contributed by atoms with E-state index in [2.05, 4.69) is 10.6 Å². The molecule has 2 atom stereocenters. The first-order valence-corrected chi connectivity index (χ1v) is 15.4. The van der Waals surface area contributed by atoms with E-state index in [1.165, 1.54) is 26.1 Å². The molecule has 3 aromatic carbocycles. The Morgan fingerprint density at radius 1 is 0.896 bits per heavy atom. The third-order valence-electron chi connectivity index (χ3n) is 8.58. The number of nitrogens with zero attached hydrogens (tertiary/aromatic N) is 3. The van der Waals surface area contributed by atoms with Gasteiger partial charge in [-0.05, 0) is 53.6 Å². The van der Waals surface area contributed by atoms with Gasteiger partial charge in [-0.2, -0.15) is 0 Å². The molecule has 4 aromatic rings. The molecule has 248 valence electrons. The summed E-state index contributed by atoms with van der Waals surface area (Å²) in [5.74, 6) is 0.353. The Labute approximate surface area is 275 Å². The molecule has 48 heavy (non-hydrogen) atoms. The van der Waals surface area contributed by atoms with Crippen LogP contribution in [0.5, 0.6) is 17.2 Å². The largest absolute Gasteiger partial charge is 0.496 e. The van der Waals surface area contributed by atoms with Crippen molar-refractivity contribution in [1.82, 2.24) is 24.7 Å². The van der Waals surface area contributed by atoms with Crippen LogP contribution in [-0.2, 0) is 25.4 Å². The highest BCUT2D eigenvalue weighted by Crippen LogP contribution is 2.33. The Morgan fingerprint density at radius 2 is 1.69 bits per heavy atom. The van der Waals surface area contributed by atoms with E-state index in [-0.39, 0.29) is 37.8 Å². The zero-order valence-electron chi connectivity index (χ0n) is 26.7. The van der Waals surface area contributed by atoms with Crippen molar-refractivity contribution >= 4 is 17.7 Å². The van der Waals surface area contributed by atoms with E-state index in [0.29, 0.717) is 40.4 Å². The van der Waals surface area contributed by atoms with E-state index < -0.39 is 35.2 Å². The van der Waals surface area contributed by atoms with Crippen LogP contribution in [0.2, 0.25) is 0 Å². The van der Waals surface area contributed by atoms with Crippen LogP contribution >= 0.6 is 0 Å². The molecule has 1 fully saturated rings. The van der Waals surface area contributed by atoms with Gasteiger partial charge >= 0.3 is 5.69 Å². The maximum absolute atomic E-state index is 13.8. The van der Waals surface area contributed by atoms with Gasteiger partial charge in [-0.25, -0.2) is 4.79 Å². The Morgan fingerprint density at radius 3 is 2.46 bits per heavy atom. The number of benzene rings is 3. The first-order chi connectivity index (χ1) is 23.1. The number of methoxy groups -OCH3 is 1. The maximum atomic E-state index is 13.8. The molecular weight excluding hydrogens is 618 g/mol. The summed E-state index contributed by atoms with van der Waals surface area (Å²) in [5, 5.41) is 5.92. The van der Waals surface area contributed by atoms with Gasteiger partial charge in [-0.1, -0.05) is 24.3 Å². The lowest BCUT2D eigenvalue weighted by molar-refractivity contribution is -0.123. The van der Waals surface area contributed by atoms with Crippen molar-refractivity contribution in [2.24, 2.45) is 14.1 Å². The van der Waals surface area contributed by atoms with E-state index in [0.717, 1.165) is 20.8 Å². The van der Waals surface area contributed by atoms with Crippen molar-refractivity contribution in [2.75, 3.05) is 26.8 Å². The van der Waals surface area contributed by atoms with Gasteiger partial charge < -0.3 is 29.7 Å². The minimum absolute atomic E-state index is 0.0469. The van der Waals surface area contributed by atoms with Gasteiger partial charge in [0.2, 0.25) is 0 Å². The molecule has 1 saturated heterocycles. The van der Waals surface area contributed by atoms with Gasteiger partial charge in [0.05, 0.1) is 13.2 Å². The highest BCUT2D eigenvalue weighted by atomic mass is 16.5. The predicted molar refractivity (Wildman–Crippen MR) is 175 cm³/mol. The molecular formula is C35H35N5O8. The average molecular weight is 654 g/mol. The van der Waals surface area contributed by atoms with Crippen molar-refractivity contribution in [3.8, 4) is 28.4 Å². The SMILES string of the molecule is COc1ccc2cc1-c1cccc(c1)OCC(=O)NCc1ccc(cc1)O[C@@H]1CCN(C(=O)c3cc(=O)n(C)c(=O)n3C)C[C@H]1NC2=O. The Hall–Kier alpha value is -5.85. The van der Waals surface area contributed by atoms with Crippen LogP contribution < -0.4 is 36.1 Å². The van der Waals surface area contributed by atoms with E-state index in [1.807, 2.05) is 18.2 Å². The van der Waals surface area contributed by atoms with Crippen molar-refractivity contribution < 1.29 is 28.6 Å². The Bertz CT molecular complexity index is 2000. The van der Waals surface area contributed by atoms with Crippen LogP contribution in [0.4, 0.5) is 0 Å². The summed E-state index contributed by atoms with van der Waals surface area (Å²) in [6.07, 6.45) is -0.165. The number of hydrogen-bond acceptors (Lipinski definition) is 8. The number of piperidine rings is 1. The molecule has 4 heterocycles. The number of hydrogen-bond donors (Lipinski definition) is 2. The summed E-state index contributed by atoms with van der Waals surface area (Å²) in [5.41, 5.74) is 1.28. The summed E-state index contributed by atoms with van der Waals surface area (Å²) >= 11 is 0. The summed E-state index contributed by atoms with van der Waals surface area (Å²) < 4.78 is 19.8. The normalized spacial score (nSPS) is 18.0. The lowest BCUT2D eigenvalue weighted by Crippen LogP contribution is -2.58. The fourth-order valence-electron chi connectivity index (χ4n) is 5.84. The lowest BCUT2D eigenvalue weighted by Gasteiger charge is -2.39. The Kier molecular flexibility index (Phi) is 9.02. The molecule has 0 saturated carbocycles. The standard InChI is InChI=1S/C35H35N5O8/c1-38-28(17-32(42)39(2)35(38)45)34(44)40-14-13-30-27(19-40)37-33(43)23-9-12-29(46-3)26(16-23)22-5-4-6-25(15-22)47-20-31(41)36-18-21-7-10-24(48-30)11-8-21/h4-12,15-17,27,30H,13-14,18-20H2,1-3H3,(H,36,41)(H,37,43)/t27-,30-/m1/s1. The molecule has 2 N–H and O–H groups in total. The highest BCUT2D eigenvalue weighted by Gasteiger charge is 2.35. The molecule has 3 aliphatic heterocycles. The number of carbonyl (C=O) groups excluding carboxylic acids is 3. The van der Waals surface area contributed by atoms with E-state index >= 15 is 0 Å². The number of carbonyl (C=O) groups is 3. The number of rotatable bonds is 2. The maximum Gasteiger partial charge on any atom is 0.331 e. The molecule has 13 heteroatoms. The zero-order chi connectivity index (χ0) is 33.9. The molecule has 0 radical (unpaired) electrons. The summed E-state index contributed by atoms with van der Waals surface area (Å²) in [6.45, 7) is 0.431. The van der Waals surface area contributed by atoms with Gasteiger partial charge in [0.25, 0.3) is 23.3 Å². The van der Waals surface area contributed by atoms with E-state index in [4.69, 9.17) is 14.2 Å². The first kappa shape index (κ1) is 32.1. The summed E-state index contributed by atoms with van der Waals surface area (Å²) in [6, 6.07) is 19.9. The lowest BCUT2D eigenvalue weighted by atomic mass is 9.99. The van der Waals surface area contributed by atoms with Crippen LogP contribution in [-0.4, -0.2) is 70.7 Å². The van der Waals surface area contributed by atoms with Crippen LogP contribution in [0.3, 0.4) is 0 Å². The van der Waals surface area contributed by atoms with E-state index in [9.17, 15) is 24.0 Å². The van der Waals surface area contributed by atoms with Gasteiger partial charge in [0.15, 0.2) is 6.61 Å². The van der Waals surface area contributed by atoms with Crippen molar-refractivity contribution in [3.05, 3.63) is 110 Å². The van der Waals surface area contributed by atoms with Gasteiger partial charge in [0, 0.05) is 57.3 Å². The number of likely N-dealkylation sites (tertiary alicyclic amines) is 1. The van der Waals surface area contributed by atoms with Gasteiger partial charge in [0.1, 0.15) is 29.0 Å². The second kappa shape index (κ2) is 13.5. The van der Waals surface area contributed by atoms with Crippen LogP contribution in [0.15, 0.2) is 82.4 Å². The molecule has 3 aliphatic rings. The molecule has 6 bridgehead atoms.